The van der Waals surface area contributed by atoms with Crippen LogP contribution < -0.4 is 0 Å². The second kappa shape index (κ2) is 6.22. The van der Waals surface area contributed by atoms with E-state index in [1.807, 2.05) is 0 Å². The van der Waals surface area contributed by atoms with Crippen molar-refractivity contribution in [2.75, 3.05) is 6.54 Å². The Hall–Kier alpha value is -0.330. The average Bonchev–Trinajstić information content (AvgIpc) is 2.03. The van der Waals surface area contributed by atoms with Crippen LogP contribution in [0.2, 0.25) is 0 Å². The Morgan fingerprint density at radius 3 is 2.17 bits per heavy atom. The lowest BCUT2D eigenvalue weighted by Crippen LogP contribution is -2.06. The van der Waals surface area contributed by atoms with E-state index in [4.69, 9.17) is 0 Å². The molecule has 0 radical (unpaired) electrons. The van der Waals surface area contributed by atoms with Crippen molar-refractivity contribution in [2.45, 2.75) is 41.0 Å². The predicted molar refractivity (Wildman–Crippen MR) is 56.8 cm³/mol. The van der Waals surface area contributed by atoms with Gasteiger partial charge in [0.1, 0.15) is 0 Å². The maximum absolute atomic E-state index is 4.44. The Bertz CT molecular complexity index is 127. The molecule has 0 aliphatic heterocycles. The number of hydrogen-bond acceptors (Lipinski definition) is 1. The maximum atomic E-state index is 4.44. The standard InChI is InChI=1S/C11H23N/c1-6-10(4)7-12-8-11(5)9(2)3/h8-11H,6-7H2,1-5H3. The second-order valence-electron chi connectivity index (χ2n) is 4.13. The highest BCUT2D eigenvalue weighted by Gasteiger charge is 2.02. The molecule has 0 fully saturated rings. The summed E-state index contributed by atoms with van der Waals surface area (Å²) in [6.45, 7) is 12.2. The van der Waals surface area contributed by atoms with Gasteiger partial charge in [0.05, 0.1) is 0 Å². The highest BCUT2D eigenvalue weighted by atomic mass is 14.7. The van der Waals surface area contributed by atoms with Crippen LogP contribution in [-0.2, 0) is 0 Å². The zero-order valence-electron chi connectivity index (χ0n) is 9.17. The minimum absolute atomic E-state index is 0.619. The first-order valence-corrected chi connectivity index (χ1v) is 5.07. The Morgan fingerprint density at radius 1 is 1.17 bits per heavy atom. The number of nitrogens with zero attached hydrogens (tertiary/aromatic N) is 1. The van der Waals surface area contributed by atoms with Crippen LogP contribution in [0.1, 0.15) is 41.0 Å². The average molecular weight is 169 g/mol. The molecule has 0 aliphatic carbocycles. The highest BCUT2D eigenvalue weighted by Crippen LogP contribution is 2.07. The lowest BCUT2D eigenvalue weighted by molar-refractivity contribution is 0.532. The van der Waals surface area contributed by atoms with Crippen molar-refractivity contribution in [3.63, 3.8) is 0 Å². The first kappa shape index (κ1) is 11.7. The molecule has 0 aromatic heterocycles. The molecule has 0 heterocycles. The molecule has 0 spiro atoms. The Kier molecular flexibility index (Phi) is 6.04. The van der Waals surface area contributed by atoms with E-state index in [0.29, 0.717) is 11.8 Å². The quantitative estimate of drug-likeness (QED) is 0.559. The SMILES string of the molecule is CCC(C)CN=CC(C)C(C)C. The molecular weight excluding hydrogens is 146 g/mol. The van der Waals surface area contributed by atoms with Gasteiger partial charge in [0.15, 0.2) is 0 Å². The molecule has 0 aromatic carbocycles. The summed E-state index contributed by atoms with van der Waals surface area (Å²) in [4.78, 5) is 4.44. The molecule has 1 heteroatoms. The predicted octanol–water partition coefficient (Wildman–Crippen LogP) is 3.40. The number of rotatable bonds is 5. The van der Waals surface area contributed by atoms with E-state index >= 15 is 0 Å². The van der Waals surface area contributed by atoms with Crippen molar-refractivity contribution in [2.24, 2.45) is 22.7 Å². The van der Waals surface area contributed by atoms with Crippen molar-refractivity contribution in [3.05, 3.63) is 0 Å². The summed E-state index contributed by atoms with van der Waals surface area (Å²) in [7, 11) is 0. The summed E-state index contributed by atoms with van der Waals surface area (Å²) in [6, 6.07) is 0. The molecule has 0 amide bonds. The van der Waals surface area contributed by atoms with Crippen LogP contribution in [0.3, 0.4) is 0 Å². The monoisotopic (exact) mass is 169 g/mol. The molecule has 0 aliphatic rings. The normalized spacial score (nSPS) is 17.2. The van der Waals surface area contributed by atoms with E-state index in [2.05, 4.69) is 45.8 Å². The van der Waals surface area contributed by atoms with Crippen LogP contribution >= 0.6 is 0 Å². The van der Waals surface area contributed by atoms with Gasteiger partial charge in [0, 0.05) is 12.8 Å². The highest BCUT2D eigenvalue weighted by molar-refractivity contribution is 5.60. The van der Waals surface area contributed by atoms with Gasteiger partial charge in [0.25, 0.3) is 0 Å². The topological polar surface area (TPSA) is 12.4 Å². The maximum Gasteiger partial charge on any atom is 0.0411 e. The molecule has 12 heavy (non-hydrogen) atoms. The molecule has 0 saturated carbocycles. The van der Waals surface area contributed by atoms with Crippen LogP contribution in [0.4, 0.5) is 0 Å². The van der Waals surface area contributed by atoms with Crippen LogP contribution in [0, 0.1) is 17.8 Å². The van der Waals surface area contributed by atoms with E-state index in [0.717, 1.165) is 12.5 Å². The molecule has 0 aromatic rings. The minimum Gasteiger partial charge on any atom is -0.297 e. The third kappa shape index (κ3) is 5.34. The summed E-state index contributed by atoms with van der Waals surface area (Å²) in [6.07, 6.45) is 3.34. The summed E-state index contributed by atoms with van der Waals surface area (Å²) < 4.78 is 0. The van der Waals surface area contributed by atoms with Gasteiger partial charge >= 0.3 is 0 Å². The van der Waals surface area contributed by atoms with Gasteiger partial charge in [-0.2, -0.15) is 0 Å². The molecule has 1 nitrogen and oxygen atoms in total. The molecule has 0 bridgehead atoms. The van der Waals surface area contributed by atoms with Gasteiger partial charge in [-0.1, -0.05) is 41.0 Å². The van der Waals surface area contributed by atoms with E-state index in [9.17, 15) is 0 Å². The van der Waals surface area contributed by atoms with Crippen LogP contribution in [0.5, 0.6) is 0 Å². The van der Waals surface area contributed by atoms with Crippen LogP contribution in [-0.4, -0.2) is 12.8 Å². The second-order valence-corrected chi connectivity index (χ2v) is 4.13. The molecule has 0 rings (SSSR count). The van der Waals surface area contributed by atoms with E-state index in [1.54, 1.807) is 0 Å². The molecule has 0 N–H and O–H groups in total. The van der Waals surface area contributed by atoms with Crippen molar-refractivity contribution in [3.8, 4) is 0 Å². The zero-order chi connectivity index (χ0) is 9.56. The minimum atomic E-state index is 0.619. The van der Waals surface area contributed by atoms with E-state index in [1.165, 1.54) is 6.42 Å². The Morgan fingerprint density at radius 2 is 1.75 bits per heavy atom. The summed E-state index contributed by atoms with van der Waals surface area (Å²) in [5.74, 6) is 2.07. The van der Waals surface area contributed by atoms with Gasteiger partial charge in [-0.3, -0.25) is 4.99 Å². The van der Waals surface area contributed by atoms with Crippen molar-refractivity contribution in [1.29, 1.82) is 0 Å². The molecular formula is C11H23N. The molecule has 2 atom stereocenters. The van der Waals surface area contributed by atoms with Gasteiger partial charge in [0.2, 0.25) is 0 Å². The van der Waals surface area contributed by atoms with E-state index in [-0.39, 0.29) is 0 Å². The van der Waals surface area contributed by atoms with Crippen LogP contribution in [0.15, 0.2) is 4.99 Å². The Balaban J connectivity index is 3.61. The third-order valence-corrected chi connectivity index (χ3v) is 2.51. The molecule has 72 valence electrons. The van der Waals surface area contributed by atoms with Crippen LogP contribution in [0.25, 0.3) is 0 Å². The fraction of sp³-hybridized carbons (Fsp3) is 0.909. The third-order valence-electron chi connectivity index (χ3n) is 2.51. The molecule has 2 unspecified atom stereocenters. The first-order valence-electron chi connectivity index (χ1n) is 5.07. The van der Waals surface area contributed by atoms with Gasteiger partial charge < -0.3 is 0 Å². The molecule has 0 saturated heterocycles. The smallest absolute Gasteiger partial charge is 0.0411 e. The van der Waals surface area contributed by atoms with Crippen molar-refractivity contribution < 1.29 is 0 Å². The summed E-state index contributed by atoms with van der Waals surface area (Å²) >= 11 is 0. The number of hydrogen-bond donors (Lipinski definition) is 0. The van der Waals surface area contributed by atoms with Crippen molar-refractivity contribution >= 4 is 6.21 Å². The number of aliphatic imine (C=N–C) groups is 1. The fourth-order valence-electron chi connectivity index (χ4n) is 0.708. The largest absolute Gasteiger partial charge is 0.297 e. The zero-order valence-corrected chi connectivity index (χ0v) is 9.17. The lowest BCUT2D eigenvalue weighted by Gasteiger charge is -2.09. The first-order chi connectivity index (χ1) is 5.57. The lowest BCUT2D eigenvalue weighted by atomic mass is 10.00. The summed E-state index contributed by atoms with van der Waals surface area (Å²) in [5.41, 5.74) is 0. The van der Waals surface area contributed by atoms with Gasteiger partial charge in [-0.25, -0.2) is 0 Å². The summed E-state index contributed by atoms with van der Waals surface area (Å²) in [5, 5.41) is 0. The van der Waals surface area contributed by atoms with E-state index < -0.39 is 0 Å². The van der Waals surface area contributed by atoms with Gasteiger partial charge in [-0.05, 0) is 17.8 Å². The van der Waals surface area contributed by atoms with Crippen molar-refractivity contribution in [1.82, 2.24) is 0 Å². The fourth-order valence-corrected chi connectivity index (χ4v) is 0.708. The van der Waals surface area contributed by atoms with Gasteiger partial charge in [-0.15, -0.1) is 0 Å². The Labute approximate surface area is 77.3 Å².